The maximum absolute atomic E-state index is 6.20. The Morgan fingerprint density at radius 2 is 0.755 bits per heavy atom. The third-order valence-corrected chi connectivity index (χ3v) is 21.5. The van der Waals surface area contributed by atoms with Gasteiger partial charge in [0.15, 0.2) is 5.82 Å². The number of aromatic nitrogens is 2. The topological polar surface area (TPSA) is 79.5 Å². The van der Waals surface area contributed by atoms with Gasteiger partial charge in [-0.1, -0.05) is 144 Å². The molecule has 14 aromatic rings. The minimum absolute atomic E-state index is 0.130. The van der Waals surface area contributed by atoms with E-state index in [1.54, 1.807) is 28.4 Å². The molecule has 1 spiro atoms. The summed E-state index contributed by atoms with van der Waals surface area (Å²) in [6, 6.07) is 69.9. The molecule has 0 amide bonds. The largest absolute Gasteiger partial charge is 0.497 e. The molecule has 0 fully saturated rings. The Kier molecular flexibility index (Phi) is 13.2. The van der Waals surface area contributed by atoms with E-state index < -0.39 is 5.54 Å². The highest BCUT2D eigenvalue weighted by Crippen LogP contribution is 2.63. The van der Waals surface area contributed by atoms with Crippen molar-refractivity contribution in [1.29, 1.82) is 0 Å². The van der Waals surface area contributed by atoms with Crippen molar-refractivity contribution in [3.05, 3.63) is 249 Å². The van der Waals surface area contributed by atoms with E-state index in [9.17, 15) is 0 Å². The Morgan fingerprint density at radius 1 is 0.367 bits per heavy atom. The van der Waals surface area contributed by atoms with Gasteiger partial charge in [-0.05, 0) is 264 Å². The molecule has 8 heteroatoms. The van der Waals surface area contributed by atoms with Crippen molar-refractivity contribution in [1.82, 2.24) is 9.55 Å². The molecule has 0 bridgehead atoms. The first-order valence-electron chi connectivity index (χ1n) is 34.3. The van der Waals surface area contributed by atoms with Crippen molar-refractivity contribution in [2.24, 2.45) is 9.98 Å². The number of nitrogens with zero attached hydrogens (tertiary/aromatic N) is 4. The standard InChI is InChI=1S/C90H80N4O4/c1-86(2,3)55-39-53-41-57(88(7,8)9)45-68-70-47-72-79(65-21-17-19-63(77(65)70)66(43-55)75(53)68)90(94-83(52-29-37-62(98-16)38-30-52)82(93-85(72)94)51-27-35-61(97-15)36-28-51)73-22-18-20-64-67-44-56(87(4,5)6)40-54-42-58(89(10,11)12)46-69(76(54)67)71(78(64)73)48-74(90)84-91-80(49-23-31-59(95-13)32-24-49)81(92-84)50-25-33-60(96-14)34-26-50/h17-48H,1-16H3. The van der Waals surface area contributed by atoms with Gasteiger partial charge in [0, 0.05) is 39.0 Å². The summed E-state index contributed by atoms with van der Waals surface area (Å²) in [5, 5.41) is 18.2. The van der Waals surface area contributed by atoms with Crippen molar-refractivity contribution in [2.45, 2.75) is 110 Å². The highest BCUT2D eigenvalue weighted by Gasteiger charge is 2.55. The van der Waals surface area contributed by atoms with Crippen LogP contribution in [0.3, 0.4) is 0 Å². The lowest BCUT2D eigenvalue weighted by Crippen LogP contribution is -2.40. The van der Waals surface area contributed by atoms with E-state index in [4.69, 9.17) is 33.9 Å². The number of rotatable bonds is 8. The quantitative estimate of drug-likeness (QED) is 0.112. The van der Waals surface area contributed by atoms with Gasteiger partial charge in [-0.3, -0.25) is 0 Å². The Hall–Kier alpha value is -10.6. The van der Waals surface area contributed by atoms with Gasteiger partial charge in [0.1, 0.15) is 34.4 Å². The number of fused-ring (bicyclic) bond motifs is 11. The fourth-order valence-corrected chi connectivity index (χ4v) is 16.3. The summed E-state index contributed by atoms with van der Waals surface area (Å²) in [5.74, 6) is 4.46. The SMILES string of the molecule is COc1ccc(C2=NC(=C3C=c4c5cc(C(C)(C)C)cc6cc(C(C)(C)C)cc(c7cccc(c47)C34c3c(cc7c8cc(C(C)(C)C)cc9cc(C(C)(C)C)cc(c%10cccc3c%107)c98)-c3nc(-c7ccc(OC)cc7)c(-c7ccc(OC)cc7)n34)c65)N=C2c2ccc(OC)cc2)cc1. The highest BCUT2D eigenvalue weighted by atomic mass is 16.5. The van der Waals surface area contributed by atoms with Crippen LogP contribution >= 0.6 is 0 Å². The first-order chi connectivity index (χ1) is 46.9. The zero-order chi connectivity index (χ0) is 68.0. The molecule has 0 N–H and O–H groups in total. The Bertz CT molecular complexity index is 5820. The van der Waals surface area contributed by atoms with E-state index in [1.165, 1.54) is 92.3 Å². The Labute approximate surface area is 572 Å². The lowest BCUT2D eigenvalue weighted by Gasteiger charge is -2.40. The van der Waals surface area contributed by atoms with Crippen molar-refractivity contribution in [3.8, 4) is 56.9 Å². The predicted molar refractivity (Wildman–Crippen MR) is 409 cm³/mol. The third-order valence-electron chi connectivity index (χ3n) is 21.5. The number of benzene rings is 13. The maximum atomic E-state index is 6.20. The predicted octanol–water partition coefficient (Wildman–Crippen LogP) is 21.4. The van der Waals surface area contributed by atoms with Gasteiger partial charge in [0.25, 0.3) is 0 Å². The molecule has 0 saturated heterocycles. The van der Waals surface area contributed by atoms with Gasteiger partial charge in [0.05, 0.1) is 51.3 Å². The average Bonchev–Trinajstić information content (AvgIpc) is 1.42. The van der Waals surface area contributed by atoms with Crippen LogP contribution in [0.2, 0.25) is 0 Å². The van der Waals surface area contributed by atoms with Crippen molar-refractivity contribution < 1.29 is 18.9 Å². The van der Waals surface area contributed by atoms with Crippen LogP contribution in [0.1, 0.15) is 128 Å². The smallest absolute Gasteiger partial charge is 0.159 e. The van der Waals surface area contributed by atoms with Crippen molar-refractivity contribution in [2.75, 3.05) is 28.4 Å². The lowest BCUT2D eigenvalue weighted by atomic mass is 9.68. The van der Waals surface area contributed by atoms with E-state index >= 15 is 0 Å². The summed E-state index contributed by atoms with van der Waals surface area (Å²) in [5.41, 5.74) is 14.5. The summed E-state index contributed by atoms with van der Waals surface area (Å²) < 4.78 is 26.1. The van der Waals surface area contributed by atoms with E-state index in [2.05, 4.69) is 245 Å². The van der Waals surface area contributed by atoms with Crippen LogP contribution < -0.4 is 24.2 Å². The second-order valence-corrected chi connectivity index (χ2v) is 31.4. The van der Waals surface area contributed by atoms with E-state index in [1.807, 2.05) is 36.4 Å². The maximum Gasteiger partial charge on any atom is 0.159 e. The first-order valence-corrected chi connectivity index (χ1v) is 34.3. The molecule has 17 rings (SSSR count). The number of aliphatic imine (C=N–C) groups is 2. The van der Waals surface area contributed by atoms with E-state index in [-0.39, 0.29) is 21.7 Å². The fourth-order valence-electron chi connectivity index (χ4n) is 16.3. The van der Waals surface area contributed by atoms with Crippen LogP contribution in [0.15, 0.2) is 209 Å². The average molecular weight is 1280 g/mol. The van der Waals surface area contributed by atoms with Gasteiger partial charge >= 0.3 is 0 Å². The number of hydrogen-bond acceptors (Lipinski definition) is 7. The lowest BCUT2D eigenvalue weighted by molar-refractivity contribution is 0.414. The zero-order valence-electron chi connectivity index (χ0n) is 58.9. The van der Waals surface area contributed by atoms with Crippen LogP contribution in [0.5, 0.6) is 23.0 Å². The van der Waals surface area contributed by atoms with Crippen LogP contribution in [0, 0.1) is 0 Å². The molecule has 0 saturated carbocycles. The molecule has 8 nitrogen and oxygen atoms in total. The normalized spacial score (nSPS) is 15.6. The highest BCUT2D eigenvalue weighted by molar-refractivity contribution is 6.55. The van der Waals surface area contributed by atoms with Crippen LogP contribution in [0.4, 0.5) is 0 Å². The van der Waals surface area contributed by atoms with Crippen molar-refractivity contribution >= 4 is 92.9 Å². The second kappa shape index (κ2) is 21.2. The summed E-state index contributed by atoms with van der Waals surface area (Å²) in [4.78, 5) is 18.3. The molecular formula is C90H80N4O4. The summed E-state index contributed by atoms with van der Waals surface area (Å²) in [6.07, 6.45) is 2.51. The molecular weight excluding hydrogens is 1200 g/mol. The van der Waals surface area contributed by atoms with E-state index in [0.29, 0.717) is 5.82 Å². The van der Waals surface area contributed by atoms with Gasteiger partial charge < -0.3 is 23.5 Å². The first kappa shape index (κ1) is 61.1. The molecule has 1 aromatic heterocycles. The molecule has 1 atom stereocenters. The number of hydrogen-bond donors (Lipinski definition) is 0. The molecule has 3 aliphatic rings. The summed E-state index contributed by atoms with van der Waals surface area (Å²) in [6.45, 7) is 28.1. The Morgan fingerprint density at radius 3 is 1.21 bits per heavy atom. The molecule has 1 aliphatic carbocycles. The molecule has 13 aromatic carbocycles. The molecule has 3 heterocycles. The van der Waals surface area contributed by atoms with Gasteiger partial charge in [-0.2, -0.15) is 0 Å². The van der Waals surface area contributed by atoms with Crippen LogP contribution in [-0.2, 0) is 27.2 Å². The number of methoxy groups -OCH3 is 4. The zero-order valence-corrected chi connectivity index (χ0v) is 58.9. The summed E-state index contributed by atoms with van der Waals surface area (Å²) in [7, 11) is 6.87. The molecule has 0 radical (unpaired) electrons. The molecule has 1 unspecified atom stereocenters. The minimum atomic E-state index is -1.26. The van der Waals surface area contributed by atoms with Gasteiger partial charge in [0.2, 0.25) is 0 Å². The van der Waals surface area contributed by atoms with Gasteiger partial charge in [-0.15, -0.1) is 0 Å². The third kappa shape index (κ3) is 8.91. The fraction of sp³-hybridized carbons (Fsp3) is 0.233. The van der Waals surface area contributed by atoms with Crippen LogP contribution in [0.25, 0.3) is 115 Å². The number of ether oxygens (including phenoxy) is 4. The number of allylic oxidation sites excluding steroid dienone is 1. The van der Waals surface area contributed by atoms with Gasteiger partial charge in [-0.25, -0.2) is 15.0 Å². The Balaban J connectivity index is 1.16. The van der Waals surface area contributed by atoms with E-state index in [0.717, 1.165) is 107 Å². The molecule has 2 aliphatic heterocycles. The number of imidazole rings is 1. The van der Waals surface area contributed by atoms with Crippen molar-refractivity contribution in [3.63, 3.8) is 0 Å². The minimum Gasteiger partial charge on any atom is -0.497 e. The monoisotopic (exact) mass is 1280 g/mol. The van der Waals surface area contributed by atoms with Crippen LogP contribution in [-0.4, -0.2) is 49.4 Å². The molecule has 484 valence electrons. The second-order valence-electron chi connectivity index (χ2n) is 31.4. The molecule has 98 heavy (non-hydrogen) atoms. The summed E-state index contributed by atoms with van der Waals surface area (Å²) >= 11 is 0.